The normalized spacial score (nSPS) is 11.2. The van der Waals surface area contributed by atoms with Crippen LogP contribution in [0.25, 0.3) is 5.76 Å². The average Bonchev–Trinajstić information content (AvgIpc) is 2.39. The zero-order valence-corrected chi connectivity index (χ0v) is 10.6. The molecule has 0 bridgehead atoms. The molecule has 0 heterocycles. The molecule has 0 fully saturated rings. The second-order valence-electron chi connectivity index (χ2n) is 3.30. The minimum absolute atomic E-state index is 0.498. The molecule has 0 aliphatic rings. The van der Waals surface area contributed by atoms with Crippen LogP contribution in [0.5, 0.6) is 11.5 Å². The molecule has 1 rings (SSSR count). The first-order chi connectivity index (χ1) is 8.26. The lowest BCUT2D eigenvalue weighted by atomic mass is 10.1. The molecule has 94 valence electrons. The molecule has 4 nitrogen and oxygen atoms in total. The van der Waals surface area contributed by atoms with Gasteiger partial charge in [0.15, 0.2) is 11.5 Å². The Balaban J connectivity index is 3.04. The van der Waals surface area contributed by atoms with Gasteiger partial charge in [-0.05, 0) is 24.3 Å². The second kappa shape index (κ2) is 6.81. The van der Waals surface area contributed by atoms with E-state index >= 15 is 0 Å². The summed E-state index contributed by atoms with van der Waals surface area (Å²) < 4.78 is 20.7. The molecule has 0 saturated carbocycles. The van der Waals surface area contributed by atoms with E-state index < -0.39 is 0 Å². The van der Waals surface area contributed by atoms with Crippen LogP contribution >= 0.6 is 0 Å². The Labute approximate surface area is 102 Å². The number of hydrogen-bond acceptors (Lipinski definition) is 4. The molecule has 0 radical (unpaired) electrons. The number of methoxy groups -OCH3 is 4. The van der Waals surface area contributed by atoms with Crippen molar-refractivity contribution >= 4 is 5.76 Å². The van der Waals surface area contributed by atoms with Gasteiger partial charge in [0.05, 0.1) is 27.9 Å². The SMILES string of the molecule is COCC=C(OC)c1ccc(OC)c(OC)c1. The molecule has 0 atom stereocenters. The van der Waals surface area contributed by atoms with Crippen molar-refractivity contribution in [2.75, 3.05) is 35.0 Å². The van der Waals surface area contributed by atoms with Crippen LogP contribution in [-0.4, -0.2) is 35.0 Å². The largest absolute Gasteiger partial charge is 0.496 e. The van der Waals surface area contributed by atoms with Gasteiger partial charge in [0.25, 0.3) is 0 Å². The van der Waals surface area contributed by atoms with Gasteiger partial charge in [-0.2, -0.15) is 0 Å². The monoisotopic (exact) mass is 238 g/mol. The third-order valence-corrected chi connectivity index (χ3v) is 2.32. The summed E-state index contributed by atoms with van der Waals surface area (Å²) in [6.45, 7) is 0.498. The van der Waals surface area contributed by atoms with Gasteiger partial charge in [0, 0.05) is 12.7 Å². The summed E-state index contributed by atoms with van der Waals surface area (Å²) in [4.78, 5) is 0. The van der Waals surface area contributed by atoms with Crippen LogP contribution < -0.4 is 9.47 Å². The molecule has 0 amide bonds. The van der Waals surface area contributed by atoms with Gasteiger partial charge in [-0.25, -0.2) is 0 Å². The summed E-state index contributed by atoms with van der Waals surface area (Å²) >= 11 is 0. The third kappa shape index (κ3) is 3.39. The third-order valence-electron chi connectivity index (χ3n) is 2.32. The topological polar surface area (TPSA) is 36.9 Å². The van der Waals surface area contributed by atoms with Gasteiger partial charge in [0.1, 0.15) is 5.76 Å². The molecule has 4 heteroatoms. The minimum atomic E-state index is 0.498. The molecular formula is C13H18O4. The molecular weight excluding hydrogens is 220 g/mol. The molecule has 0 aliphatic heterocycles. The summed E-state index contributed by atoms with van der Waals surface area (Å²) in [5, 5.41) is 0. The van der Waals surface area contributed by atoms with Gasteiger partial charge >= 0.3 is 0 Å². The van der Waals surface area contributed by atoms with Gasteiger partial charge in [-0.3, -0.25) is 0 Å². The van der Waals surface area contributed by atoms with E-state index in [1.807, 2.05) is 24.3 Å². The van der Waals surface area contributed by atoms with Crippen LogP contribution in [0.2, 0.25) is 0 Å². The van der Waals surface area contributed by atoms with Crippen molar-refractivity contribution in [2.45, 2.75) is 0 Å². The van der Waals surface area contributed by atoms with Crippen molar-refractivity contribution in [3.63, 3.8) is 0 Å². The number of ether oxygens (including phenoxy) is 4. The molecule has 1 aromatic carbocycles. The number of rotatable bonds is 6. The molecule has 0 spiro atoms. The number of benzene rings is 1. The Kier molecular flexibility index (Phi) is 5.36. The molecule has 17 heavy (non-hydrogen) atoms. The van der Waals surface area contributed by atoms with E-state index in [2.05, 4.69) is 0 Å². The zero-order chi connectivity index (χ0) is 12.7. The lowest BCUT2D eigenvalue weighted by Crippen LogP contribution is -1.95. The van der Waals surface area contributed by atoms with E-state index in [-0.39, 0.29) is 0 Å². The van der Waals surface area contributed by atoms with Gasteiger partial charge in [-0.15, -0.1) is 0 Å². The fourth-order valence-corrected chi connectivity index (χ4v) is 1.47. The Hall–Kier alpha value is -1.68. The minimum Gasteiger partial charge on any atom is -0.496 e. The van der Waals surface area contributed by atoms with Crippen LogP contribution in [-0.2, 0) is 9.47 Å². The smallest absolute Gasteiger partial charge is 0.161 e. The molecule has 0 unspecified atom stereocenters. The lowest BCUT2D eigenvalue weighted by Gasteiger charge is -2.11. The predicted molar refractivity (Wildman–Crippen MR) is 66.4 cm³/mol. The zero-order valence-electron chi connectivity index (χ0n) is 10.6. The summed E-state index contributed by atoms with van der Waals surface area (Å²) in [5.41, 5.74) is 0.919. The highest BCUT2D eigenvalue weighted by Gasteiger charge is 2.07. The fraction of sp³-hybridized carbons (Fsp3) is 0.385. The summed E-state index contributed by atoms with van der Waals surface area (Å²) in [6, 6.07) is 5.62. The molecule has 0 aromatic heterocycles. The van der Waals surface area contributed by atoms with Gasteiger partial charge in [0.2, 0.25) is 0 Å². The Morgan fingerprint density at radius 2 is 1.76 bits per heavy atom. The van der Waals surface area contributed by atoms with Crippen LogP contribution in [0.4, 0.5) is 0 Å². The van der Waals surface area contributed by atoms with Crippen LogP contribution in [0, 0.1) is 0 Å². The van der Waals surface area contributed by atoms with Crippen LogP contribution in [0.3, 0.4) is 0 Å². The maximum atomic E-state index is 5.30. The Morgan fingerprint density at radius 3 is 2.29 bits per heavy atom. The molecule has 0 aliphatic carbocycles. The first-order valence-corrected chi connectivity index (χ1v) is 5.22. The Bertz CT molecular complexity index is 385. The molecule has 0 N–H and O–H groups in total. The highest BCUT2D eigenvalue weighted by molar-refractivity contribution is 5.63. The molecule has 1 aromatic rings. The number of hydrogen-bond donors (Lipinski definition) is 0. The first kappa shape index (κ1) is 13.4. The fourth-order valence-electron chi connectivity index (χ4n) is 1.47. The van der Waals surface area contributed by atoms with Crippen LogP contribution in [0.15, 0.2) is 24.3 Å². The summed E-state index contributed by atoms with van der Waals surface area (Å²) in [5.74, 6) is 2.11. The highest BCUT2D eigenvalue weighted by atomic mass is 16.5. The van der Waals surface area contributed by atoms with E-state index in [1.54, 1.807) is 28.4 Å². The lowest BCUT2D eigenvalue weighted by molar-refractivity contribution is 0.231. The van der Waals surface area contributed by atoms with E-state index in [0.717, 1.165) is 11.3 Å². The van der Waals surface area contributed by atoms with E-state index in [0.29, 0.717) is 18.1 Å². The first-order valence-electron chi connectivity index (χ1n) is 5.22. The second-order valence-corrected chi connectivity index (χ2v) is 3.30. The van der Waals surface area contributed by atoms with Crippen molar-refractivity contribution in [1.82, 2.24) is 0 Å². The van der Waals surface area contributed by atoms with Crippen LogP contribution in [0.1, 0.15) is 5.56 Å². The highest BCUT2D eigenvalue weighted by Crippen LogP contribution is 2.30. The van der Waals surface area contributed by atoms with Crippen molar-refractivity contribution < 1.29 is 18.9 Å². The van der Waals surface area contributed by atoms with Crippen molar-refractivity contribution in [3.05, 3.63) is 29.8 Å². The summed E-state index contributed by atoms with van der Waals surface area (Å²) in [7, 11) is 6.47. The standard InChI is InChI=1S/C13H18O4/c1-14-8-7-11(15-2)10-5-6-12(16-3)13(9-10)17-4/h5-7,9H,8H2,1-4H3. The van der Waals surface area contributed by atoms with E-state index in [4.69, 9.17) is 18.9 Å². The maximum Gasteiger partial charge on any atom is 0.161 e. The van der Waals surface area contributed by atoms with Crippen molar-refractivity contribution in [1.29, 1.82) is 0 Å². The van der Waals surface area contributed by atoms with Crippen molar-refractivity contribution in [2.24, 2.45) is 0 Å². The van der Waals surface area contributed by atoms with Crippen molar-refractivity contribution in [3.8, 4) is 11.5 Å². The van der Waals surface area contributed by atoms with E-state index in [1.165, 1.54) is 0 Å². The Morgan fingerprint density at radius 1 is 1.06 bits per heavy atom. The average molecular weight is 238 g/mol. The van der Waals surface area contributed by atoms with E-state index in [9.17, 15) is 0 Å². The summed E-state index contributed by atoms with van der Waals surface area (Å²) in [6.07, 6.45) is 1.86. The van der Waals surface area contributed by atoms with Gasteiger partial charge < -0.3 is 18.9 Å². The maximum absolute atomic E-state index is 5.30. The molecule has 0 saturated heterocycles. The quantitative estimate of drug-likeness (QED) is 0.713. The predicted octanol–water partition coefficient (Wildman–Crippen LogP) is 2.34. The van der Waals surface area contributed by atoms with Gasteiger partial charge in [-0.1, -0.05) is 0 Å².